The summed E-state index contributed by atoms with van der Waals surface area (Å²) >= 11 is 13.8. The highest BCUT2D eigenvalue weighted by Crippen LogP contribution is 2.27. The molecule has 0 bridgehead atoms. The summed E-state index contributed by atoms with van der Waals surface area (Å²) in [6.07, 6.45) is 0.660. The number of hydrogen-bond acceptors (Lipinski definition) is 3. The van der Waals surface area contributed by atoms with Crippen LogP contribution in [0.25, 0.3) is 0 Å². The number of aromatic nitrogens is 1. The number of thiazole rings is 1. The van der Waals surface area contributed by atoms with Gasteiger partial charge in [0.05, 0.1) is 17.3 Å². The van der Waals surface area contributed by atoms with Crippen LogP contribution in [0.4, 0.5) is 0 Å². The number of rotatable bonds is 4. The van der Waals surface area contributed by atoms with Crippen molar-refractivity contribution in [2.75, 3.05) is 7.11 Å². The Morgan fingerprint density at radius 3 is 2.65 bits per heavy atom. The number of hydrogen-bond donors (Lipinski definition) is 0. The molecule has 90 valence electrons. The third-order valence-corrected chi connectivity index (χ3v) is 3.89. The summed E-state index contributed by atoms with van der Waals surface area (Å²) in [5.41, 5.74) is 1.87. The van der Waals surface area contributed by atoms with E-state index < -0.39 is 0 Å². The van der Waals surface area contributed by atoms with Gasteiger partial charge in [0.2, 0.25) is 0 Å². The monoisotopic (exact) mass is 287 g/mol. The molecule has 1 aromatic heterocycles. The summed E-state index contributed by atoms with van der Waals surface area (Å²) in [6.45, 7) is 0.534. The normalized spacial score (nSPS) is 10.8. The SMILES string of the molecule is COCc1csc(Cc2c(Cl)cccc2Cl)n1. The Kier molecular flexibility index (Phi) is 4.40. The van der Waals surface area contributed by atoms with Crippen molar-refractivity contribution in [2.24, 2.45) is 0 Å². The van der Waals surface area contributed by atoms with Gasteiger partial charge in [0.25, 0.3) is 0 Å². The van der Waals surface area contributed by atoms with Crippen molar-refractivity contribution in [1.82, 2.24) is 4.98 Å². The Labute approximate surface area is 114 Å². The number of ether oxygens (including phenoxy) is 1. The molecule has 0 fully saturated rings. The Hall–Kier alpha value is -0.610. The minimum absolute atomic E-state index is 0.534. The molecule has 2 nitrogen and oxygen atoms in total. The molecule has 1 heterocycles. The van der Waals surface area contributed by atoms with Crippen molar-refractivity contribution in [3.63, 3.8) is 0 Å². The molecule has 0 atom stereocenters. The summed E-state index contributed by atoms with van der Waals surface area (Å²) in [6, 6.07) is 5.52. The third-order valence-electron chi connectivity index (χ3n) is 2.28. The van der Waals surface area contributed by atoms with E-state index in [1.165, 1.54) is 0 Å². The number of benzene rings is 1. The summed E-state index contributed by atoms with van der Waals surface area (Å²) in [5.74, 6) is 0. The van der Waals surface area contributed by atoms with Crippen LogP contribution in [0.5, 0.6) is 0 Å². The Bertz CT molecular complexity index is 493. The molecular weight excluding hydrogens is 277 g/mol. The van der Waals surface area contributed by atoms with Gasteiger partial charge >= 0.3 is 0 Å². The lowest BCUT2D eigenvalue weighted by atomic mass is 10.1. The minimum atomic E-state index is 0.534. The highest BCUT2D eigenvalue weighted by atomic mass is 35.5. The van der Waals surface area contributed by atoms with Gasteiger partial charge in [-0.1, -0.05) is 29.3 Å². The van der Waals surface area contributed by atoms with Crippen LogP contribution in [-0.2, 0) is 17.8 Å². The van der Waals surface area contributed by atoms with Crippen molar-refractivity contribution < 1.29 is 4.74 Å². The van der Waals surface area contributed by atoms with Crippen LogP contribution in [0, 0.1) is 0 Å². The molecule has 5 heteroatoms. The van der Waals surface area contributed by atoms with Crippen LogP contribution in [0.3, 0.4) is 0 Å². The Morgan fingerprint density at radius 1 is 1.29 bits per heavy atom. The van der Waals surface area contributed by atoms with Crippen molar-refractivity contribution in [3.8, 4) is 0 Å². The predicted molar refractivity (Wildman–Crippen MR) is 72.1 cm³/mol. The smallest absolute Gasteiger partial charge is 0.0974 e. The highest BCUT2D eigenvalue weighted by molar-refractivity contribution is 7.09. The molecule has 0 saturated carbocycles. The van der Waals surface area contributed by atoms with E-state index in [4.69, 9.17) is 27.9 Å². The first-order valence-electron chi connectivity index (χ1n) is 5.06. The number of halogens is 2. The second-order valence-corrected chi connectivity index (χ2v) is 5.30. The standard InChI is InChI=1S/C12H11Cl2NOS/c1-16-6-8-7-17-12(15-8)5-9-10(13)3-2-4-11(9)14/h2-4,7H,5-6H2,1H3. The summed E-state index contributed by atoms with van der Waals surface area (Å²) in [7, 11) is 1.66. The predicted octanol–water partition coefficient (Wildman–Crippen LogP) is 4.19. The highest BCUT2D eigenvalue weighted by Gasteiger charge is 2.09. The van der Waals surface area contributed by atoms with E-state index >= 15 is 0 Å². The van der Waals surface area contributed by atoms with Gasteiger partial charge < -0.3 is 4.74 Å². The Morgan fingerprint density at radius 2 is 2.00 bits per heavy atom. The van der Waals surface area contributed by atoms with Crippen molar-refractivity contribution >= 4 is 34.5 Å². The average molecular weight is 288 g/mol. The zero-order valence-electron chi connectivity index (χ0n) is 9.24. The molecule has 2 rings (SSSR count). The summed E-state index contributed by atoms with van der Waals surface area (Å²) in [5, 5.41) is 4.35. The fourth-order valence-corrected chi connectivity index (χ4v) is 2.82. The van der Waals surface area contributed by atoms with E-state index in [9.17, 15) is 0 Å². The zero-order valence-corrected chi connectivity index (χ0v) is 11.6. The molecule has 0 spiro atoms. The molecule has 0 aliphatic carbocycles. The van der Waals surface area contributed by atoms with Crippen molar-refractivity contribution in [2.45, 2.75) is 13.0 Å². The molecule has 17 heavy (non-hydrogen) atoms. The van der Waals surface area contributed by atoms with Gasteiger partial charge in [-0.05, 0) is 17.7 Å². The molecule has 0 N–H and O–H groups in total. The Balaban J connectivity index is 2.19. The molecule has 0 amide bonds. The second-order valence-electron chi connectivity index (χ2n) is 3.54. The van der Waals surface area contributed by atoms with Crippen LogP contribution in [-0.4, -0.2) is 12.1 Å². The topological polar surface area (TPSA) is 22.1 Å². The molecular formula is C12H11Cl2NOS. The van der Waals surface area contributed by atoms with Crippen LogP contribution in [0.2, 0.25) is 10.0 Å². The first kappa shape index (κ1) is 12.8. The lowest BCUT2D eigenvalue weighted by molar-refractivity contribution is 0.182. The van der Waals surface area contributed by atoms with Gasteiger partial charge in [0.15, 0.2) is 0 Å². The molecule has 0 aliphatic heterocycles. The van der Waals surface area contributed by atoms with Gasteiger partial charge in [0, 0.05) is 29.0 Å². The van der Waals surface area contributed by atoms with Gasteiger partial charge in [-0.15, -0.1) is 11.3 Å². The molecule has 1 aromatic carbocycles. The number of nitrogens with zero attached hydrogens (tertiary/aromatic N) is 1. The second kappa shape index (κ2) is 5.83. The first-order valence-corrected chi connectivity index (χ1v) is 6.69. The lowest BCUT2D eigenvalue weighted by Crippen LogP contribution is -1.92. The fraction of sp³-hybridized carbons (Fsp3) is 0.250. The summed E-state index contributed by atoms with van der Waals surface area (Å²) in [4.78, 5) is 4.45. The first-order chi connectivity index (χ1) is 8.20. The van der Waals surface area contributed by atoms with Gasteiger partial charge in [-0.25, -0.2) is 4.98 Å². The maximum Gasteiger partial charge on any atom is 0.0974 e. The van der Waals surface area contributed by atoms with Gasteiger partial charge in [-0.3, -0.25) is 0 Å². The molecule has 0 saturated heterocycles. The molecule has 0 unspecified atom stereocenters. The fourth-order valence-electron chi connectivity index (χ4n) is 1.50. The van der Waals surface area contributed by atoms with Gasteiger partial charge in [0.1, 0.15) is 0 Å². The molecule has 2 aromatic rings. The maximum atomic E-state index is 6.12. The van der Waals surface area contributed by atoms with E-state index in [2.05, 4.69) is 4.98 Å². The van der Waals surface area contributed by atoms with Crippen molar-refractivity contribution in [1.29, 1.82) is 0 Å². The number of methoxy groups -OCH3 is 1. The van der Waals surface area contributed by atoms with E-state index in [0.29, 0.717) is 23.1 Å². The lowest BCUT2D eigenvalue weighted by Gasteiger charge is -2.04. The van der Waals surface area contributed by atoms with E-state index in [1.807, 2.05) is 23.6 Å². The largest absolute Gasteiger partial charge is 0.378 e. The average Bonchev–Trinajstić information content (AvgIpc) is 2.72. The van der Waals surface area contributed by atoms with Crippen molar-refractivity contribution in [3.05, 3.63) is 49.9 Å². The molecule has 0 radical (unpaired) electrons. The van der Waals surface area contributed by atoms with E-state index in [1.54, 1.807) is 18.4 Å². The van der Waals surface area contributed by atoms with E-state index in [0.717, 1.165) is 16.3 Å². The van der Waals surface area contributed by atoms with E-state index in [-0.39, 0.29) is 0 Å². The van der Waals surface area contributed by atoms with Crippen LogP contribution >= 0.6 is 34.5 Å². The third kappa shape index (κ3) is 3.19. The minimum Gasteiger partial charge on any atom is -0.378 e. The van der Waals surface area contributed by atoms with Crippen LogP contribution in [0.15, 0.2) is 23.6 Å². The van der Waals surface area contributed by atoms with Gasteiger partial charge in [-0.2, -0.15) is 0 Å². The maximum absolute atomic E-state index is 6.12. The quantitative estimate of drug-likeness (QED) is 0.841. The zero-order chi connectivity index (χ0) is 12.3. The summed E-state index contributed by atoms with van der Waals surface area (Å²) < 4.78 is 5.03. The molecule has 0 aliphatic rings. The van der Waals surface area contributed by atoms with Crippen LogP contribution in [0.1, 0.15) is 16.3 Å². The van der Waals surface area contributed by atoms with Crippen LogP contribution < -0.4 is 0 Å².